The molecule has 3 aromatic heterocycles. The van der Waals surface area contributed by atoms with Gasteiger partial charge in [-0.25, -0.2) is 4.98 Å². The molecule has 43 heavy (non-hydrogen) atoms. The summed E-state index contributed by atoms with van der Waals surface area (Å²) in [5.41, 5.74) is 15.7. The van der Waals surface area contributed by atoms with Gasteiger partial charge < -0.3 is 20.0 Å². The third kappa shape index (κ3) is 6.05. The maximum atomic E-state index is 12.2. The Hall–Kier alpha value is -3.71. The van der Waals surface area contributed by atoms with Crippen LogP contribution >= 0.6 is 0 Å². The van der Waals surface area contributed by atoms with E-state index in [4.69, 9.17) is 14.7 Å². The average Bonchev–Trinajstić information content (AvgIpc) is 3.69. The first-order chi connectivity index (χ1) is 20.7. The summed E-state index contributed by atoms with van der Waals surface area (Å²) in [6, 6.07) is 6.68. The number of H-pyrrole nitrogens is 2. The van der Waals surface area contributed by atoms with Crippen molar-refractivity contribution < 1.29 is 9.53 Å². The van der Waals surface area contributed by atoms with E-state index in [2.05, 4.69) is 88.0 Å². The van der Waals surface area contributed by atoms with E-state index in [1.807, 2.05) is 0 Å². The van der Waals surface area contributed by atoms with Crippen LogP contribution in [0.2, 0.25) is 0 Å². The van der Waals surface area contributed by atoms with Crippen molar-refractivity contribution in [2.45, 2.75) is 99.0 Å². The first-order valence-electron chi connectivity index (χ1n) is 15.8. The van der Waals surface area contributed by atoms with Gasteiger partial charge in [0.2, 0.25) is 0 Å². The minimum atomic E-state index is -0.188. The monoisotopic (exact) mass is 581 g/mol. The molecule has 0 aliphatic carbocycles. The Bertz CT molecular complexity index is 1730. The number of unbranched alkanes of at least 4 members (excludes halogenated alkanes) is 1. The highest BCUT2D eigenvalue weighted by molar-refractivity contribution is 5.85. The topological polar surface area (TPSA) is 95.7 Å². The standard InChI is InChI=1S/C36H47N5O2/c1-9-11-14-37-19-27-23(6)30-17-32-22(5)26(12-13-35(42)43-8)36(41-32)24(7)29-15-20(3)28(38-29)16-33-25(10-2)21(4)31(39-33)18-34(27)40-30/h15-18,22,26,37,39-40H,9-14,19H2,1-8H3/t22-,26?/m0/s1. The summed E-state index contributed by atoms with van der Waals surface area (Å²) in [5, 5.41) is 3.66. The lowest BCUT2D eigenvalue weighted by Gasteiger charge is -2.16. The molecule has 0 fully saturated rings. The number of ether oxygens (including phenoxy) is 1. The molecule has 7 heteroatoms. The Morgan fingerprint density at radius 3 is 2.33 bits per heavy atom. The largest absolute Gasteiger partial charge is 0.469 e. The Morgan fingerprint density at radius 1 is 0.930 bits per heavy atom. The van der Waals surface area contributed by atoms with Gasteiger partial charge in [0.05, 0.1) is 18.5 Å². The smallest absolute Gasteiger partial charge is 0.305 e. The molecule has 1 unspecified atom stereocenters. The zero-order valence-electron chi connectivity index (χ0n) is 27.1. The molecule has 0 aromatic carbocycles. The second kappa shape index (κ2) is 12.9. The van der Waals surface area contributed by atoms with Crippen LogP contribution in [0.25, 0.3) is 33.7 Å². The third-order valence-electron chi connectivity index (χ3n) is 9.45. The molecule has 5 heterocycles. The molecule has 5 rings (SSSR count). The summed E-state index contributed by atoms with van der Waals surface area (Å²) in [4.78, 5) is 30.0. The van der Waals surface area contributed by atoms with Crippen molar-refractivity contribution in [2.75, 3.05) is 13.7 Å². The maximum Gasteiger partial charge on any atom is 0.305 e. The zero-order valence-corrected chi connectivity index (χ0v) is 27.1. The van der Waals surface area contributed by atoms with E-state index in [-0.39, 0.29) is 17.8 Å². The number of fused-ring (bicyclic) bond motifs is 8. The summed E-state index contributed by atoms with van der Waals surface area (Å²) in [6.45, 7) is 17.1. The van der Waals surface area contributed by atoms with Gasteiger partial charge >= 0.3 is 5.97 Å². The molecule has 228 valence electrons. The molecule has 2 aliphatic rings. The van der Waals surface area contributed by atoms with E-state index >= 15 is 0 Å². The van der Waals surface area contributed by atoms with Crippen molar-refractivity contribution in [2.24, 2.45) is 0 Å². The lowest BCUT2D eigenvalue weighted by atomic mass is 9.86. The molecule has 8 bridgehead atoms. The highest BCUT2D eigenvalue weighted by Gasteiger charge is 2.31. The molecular formula is C36H47N5O2. The molecule has 0 saturated heterocycles. The number of aromatic amines is 2. The van der Waals surface area contributed by atoms with Gasteiger partial charge in [0.1, 0.15) is 0 Å². The number of aromatic nitrogens is 4. The number of nitrogens with one attached hydrogen (secondary N) is 3. The van der Waals surface area contributed by atoms with Crippen molar-refractivity contribution >= 4 is 39.7 Å². The van der Waals surface area contributed by atoms with Gasteiger partial charge in [-0.3, -0.25) is 9.78 Å². The fraction of sp³-hybridized carbons (Fsp3) is 0.472. The fourth-order valence-corrected chi connectivity index (χ4v) is 6.57. The number of hydrogen-bond donors (Lipinski definition) is 3. The number of methoxy groups -OCH3 is 1. The van der Waals surface area contributed by atoms with E-state index in [1.165, 1.54) is 35.8 Å². The van der Waals surface area contributed by atoms with Gasteiger partial charge in [0, 0.05) is 58.3 Å². The van der Waals surface area contributed by atoms with Crippen LogP contribution in [0, 0.1) is 20.8 Å². The number of hydrogen-bond acceptors (Lipinski definition) is 5. The molecule has 7 nitrogen and oxygen atoms in total. The Morgan fingerprint density at radius 2 is 1.63 bits per heavy atom. The van der Waals surface area contributed by atoms with Gasteiger partial charge in [-0.15, -0.1) is 0 Å². The maximum absolute atomic E-state index is 12.2. The second-order valence-corrected chi connectivity index (χ2v) is 12.2. The van der Waals surface area contributed by atoms with Crippen LogP contribution in [0.5, 0.6) is 0 Å². The molecule has 2 aliphatic heterocycles. The van der Waals surface area contributed by atoms with Crippen LogP contribution in [0.4, 0.5) is 0 Å². The quantitative estimate of drug-likeness (QED) is 0.175. The average molecular weight is 582 g/mol. The van der Waals surface area contributed by atoms with Crippen molar-refractivity contribution in [3.63, 3.8) is 0 Å². The van der Waals surface area contributed by atoms with Crippen molar-refractivity contribution in [3.8, 4) is 0 Å². The lowest BCUT2D eigenvalue weighted by molar-refractivity contribution is -0.140. The lowest BCUT2D eigenvalue weighted by Crippen LogP contribution is -2.14. The molecular weight excluding hydrogens is 534 g/mol. The van der Waals surface area contributed by atoms with Crippen LogP contribution in [-0.4, -0.2) is 39.6 Å². The van der Waals surface area contributed by atoms with E-state index in [9.17, 15) is 4.79 Å². The zero-order chi connectivity index (χ0) is 30.8. The van der Waals surface area contributed by atoms with Crippen LogP contribution in [-0.2, 0) is 22.5 Å². The van der Waals surface area contributed by atoms with E-state index in [0.29, 0.717) is 12.8 Å². The molecule has 2 atom stereocenters. The van der Waals surface area contributed by atoms with Crippen LogP contribution < -0.4 is 5.32 Å². The van der Waals surface area contributed by atoms with E-state index in [0.717, 1.165) is 81.9 Å². The van der Waals surface area contributed by atoms with Gasteiger partial charge in [0.25, 0.3) is 0 Å². The van der Waals surface area contributed by atoms with Gasteiger partial charge in [-0.1, -0.05) is 27.2 Å². The highest BCUT2D eigenvalue weighted by Crippen LogP contribution is 2.42. The molecule has 3 N–H and O–H groups in total. The third-order valence-corrected chi connectivity index (χ3v) is 9.45. The molecule has 0 amide bonds. The van der Waals surface area contributed by atoms with E-state index < -0.39 is 0 Å². The van der Waals surface area contributed by atoms with Crippen molar-refractivity contribution in [1.29, 1.82) is 0 Å². The number of allylic oxidation sites excluding steroid dienone is 1. The van der Waals surface area contributed by atoms with Crippen LogP contribution in [0.3, 0.4) is 0 Å². The first-order valence-corrected chi connectivity index (χ1v) is 15.8. The minimum absolute atomic E-state index is 0.0989. The number of nitrogens with zero attached hydrogens (tertiary/aromatic N) is 2. The van der Waals surface area contributed by atoms with Gasteiger partial charge in [-0.05, 0) is 111 Å². The number of aryl methyl sites for hydroxylation is 3. The molecule has 3 aromatic rings. The summed E-state index contributed by atoms with van der Waals surface area (Å²) < 4.78 is 5.00. The number of carbonyl (C=O) groups excluding carboxylic acids is 1. The molecule has 0 spiro atoms. The summed E-state index contributed by atoms with van der Waals surface area (Å²) >= 11 is 0. The predicted molar refractivity (Wildman–Crippen MR) is 177 cm³/mol. The Kier molecular flexibility index (Phi) is 9.21. The SMILES string of the molecule is CCCCNCc1c(C)c2cc3nc(c(C)c4nc(cc5[nH]c(cc1[nH]2)c(C)c5CC)C(C)=C4)C(CCC(=O)OC)[C@@H]3C. The summed E-state index contributed by atoms with van der Waals surface area (Å²) in [6.07, 6.45) is 6.46. The Labute approximate surface area is 255 Å². The molecule has 0 saturated carbocycles. The van der Waals surface area contributed by atoms with Crippen molar-refractivity contribution in [3.05, 3.63) is 68.8 Å². The number of carbonyl (C=O) groups is 1. The highest BCUT2D eigenvalue weighted by atomic mass is 16.5. The van der Waals surface area contributed by atoms with Crippen molar-refractivity contribution in [1.82, 2.24) is 25.3 Å². The normalized spacial score (nSPS) is 16.4. The number of esters is 1. The minimum Gasteiger partial charge on any atom is -0.469 e. The van der Waals surface area contributed by atoms with Gasteiger partial charge in [0.15, 0.2) is 0 Å². The van der Waals surface area contributed by atoms with Crippen LogP contribution in [0.1, 0.15) is 116 Å². The Balaban J connectivity index is 1.83. The van der Waals surface area contributed by atoms with Gasteiger partial charge in [-0.2, -0.15) is 0 Å². The van der Waals surface area contributed by atoms with E-state index in [1.54, 1.807) is 0 Å². The second-order valence-electron chi connectivity index (χ2n) is 12.2. The fourth-order valence-electron chi connectivity index (χ4n) is 6.57. The van der Waals surface area contributed by atoms with Crippen LogP contribution in [0.15, 0.2) is 18.2 Å². The first kappa shape index (κ1) is 30.7. The predicted octanol–water partition coefficient (Wildman–Crippen LogP) is 8.09. The summed E-state index contributed by atoms with van der Waals surface area (Å²) in [7, 11) is 1.45. The summed E-state index contributed by atoms with van der Waals surface area (Å²) in [5.74, 6) is 0.0577. The number of rotatable bonds is 9. The molecule has 0 radical (unpaired) electrons.